The molecule has 0 atom stereocenters. The van der Waals surface area contributed by atoms with Gasteiger partial charge in [0.1, 0.15) is 0 Å². The third kappa shape index (κ3) is 2.33. The second-order valence-electron chi connectivity index (χ2n) is 3.04. The van der Waals surface area contributed by atoms with Gasteiger partial charge in [0.05, 0.1) is 0 Å². The van der Waals surface area contributed by atoms with Crippen LogP contribution in [0.4, 0.5) is 4.39 Å². The molecule has 84 valence electrons. The topological polar surface area (TPSA) is 61.0 Å². The summed E-state index contributed by atoms with van der Waals surface area (Å²) in [6, 6.07) is 3.08. The molecule has 0 saturated carbocycles. The number of hydrogen-bond acceptors (Lipinski definition) is 5. The highest BCUT2D eigenvalue weighted by atomic mass is 19.1. The van der Waals surface area contributed by atoms with Crippen molar-refractivity contribution in [1.82, 2.24) is 15.1 Å². The van der Waals surface area contributed by atoms with Gasteiger partial charge in [-0.2, -0.15) is 9.37 Å². The Morgan fingerprint density at radius 1 is 1.50 bits per heavy atom. The summed E-state index contributed by atoms with van der Waals surface area (Å²) in [6.07, 6.45) is 2.01. The fraction of sp³-hybridized carbons (Fsp3) is 0.300. The van der Waals surface area contributed by atoms with Crippen LogP contribution in [-0.4, -0.2) is 15.1 Å². The first-order chi connectivity index (χ1) is 7.79. The summed E-state index contributed by atoms with van der Waals surface area (Å²) in [4.78, 5) is 7.48. The molecule has 2 heterocycles. The van der Waals surface area contributed by atoms with E-state index < -0.39 is 5.95 Å². The van der Waals surface area contributed by atoms with Gasteiger partial charge in [-0.25, -0.2) is 4.98 Å². The van der Waals surface area contributed by atoms with E-state index in [0.29, 0.717) is 18.1 Å². The fourth-order valence-corrected chi connectivity index (χ4v) is 1.11. The monoisotopic (exact) mass is 223 g/mol. The Morgan fingerprint density at radius 2 is 2.38 bits per heavy atom. The first-order valence-electron chi connectivity index (χ1n) is 4.84. The Bertz CT molecular complexity index is 473. The van der Waals surface area contributed by atoms with Crippen LogP contribution in [0.15, 0.2) is 22.9 Å². The van der Waals surface area contributed by atoms with Crippen molar-refractivity contribution in [3.63, 3.8) is 0 Å². The molecule has 0 aliphatic heterocycles. The van der Waals surface area contributed by atoms with E-state index >= 15 is 0 Å². The van der Waals surface area contributed by atoms with Crippen LogP contribution in [0.25, 0.3) is 0 Å². The standard InChI is InChI=1S/C10H10FN3O2/c1-2-9-13-8(14-16-9)6-15-7-4-3-5-12-10(7)11/h3-5H,2,6H2,1H3. The van der Waals surface area contributed by atoms with Crippen LogP contribution in [0.2, 0.25) is 0 Å². The zero-order valence-corrected chi connectivity index (χ0v) is 8.68. The van der Waals surface area contributed by atoms with Crippen LogP contribution in [0.3, 0.4) is 0 Å². The molecule has 0 fully saturated rings. The van der Waals surface area contributed by atoms with Crippen LogP contribution in [-0.2, 0) is 13.0 Å². The van der Waals surface area contributed by atoms with E-state index in [1.54, 1.807) is 6.07 Å². The molecular formula is C10H10FN3O2. The van der Waals surface area contributed by atoms with Crippen molar-refractivity contribution in [2.24, 2.45) is 0 Å². The van der Waals surface area contributed by atoms with Crippen molar-refractivity contribution in [2.45, 2.75) is 20.0 Å². The second-order valence-corrected chi connectivity index (χ2v) is 3.04. The van der Waals surface area contributed by atoms with Gasteiger partial charge >= 0.3 is 0 Å². The summed E-state index contributed by atoms with van der Waals surface area (Å²) >= 11 is 0. The van der Waals surface area contributed by atoms with Gasteiger partial charge in [-0.1, -0.05) is 12.1 Å². The number of rotatable bonds is 4. The van der Waals surface area contributed by atoms with E-state index in [9.17, 15) is 4.39 Å². The summed E-state index contributed by atoms with van der Waals surface area (Å²) in [5.74, 6) is 0.345. The molecule has 0 radical (unpaired) electrons. The molecule has 2 aromatic heterocycles. The lowest BCUT2D eigenvalue weighted by atomic mass is 10.4. The first kappa shape index (κ1) is 10.5. The van der Waals surface area contributed by atoms with Crippen molar-refractivity contribution < 1.29 is 13.7 Å². The molecule has 2 aromatic rings. The number of aryl methyl sites for hydroxylation is 1. The van der Waals surface area contributed by atoms with Crippen molar-refractivity contribution in [2.75, 3.05) is 0 Å². The highest BCUT2D eigenvalue weighted by molar-refractivity contribution is 5.17. The molecule has 0 unspecified atom stereocenters. The van der Waals surface area contributed by atoms with E-state index in [0.717, 1.165) is 0 Å². The summed E-state index contributed by atoms with van der Waals surface area (Å²) in [5, 5.41) is 3.68. The van der Waals surface area contributed by atoms with Crippen molar-refractivity contribution in [3.05, 3.63) is 36.0 Å². The van der Waals surface area contributed by atoms with Gasteiger partial charge in [0.25, 0.3) is 5.95 Å². The lowest BCUT2D eigenvalue weighted by Gasteiger charge is -2.02. The molecule has 0 aliphatic rings. The molecule has 0 bridgehead atoms. The number of halogens is 1. The van der Waals surface area contributed by atoms with Crippen LogP contribution in [0, 0.1) is 5.95 Å². The van der Waals surface area contributed by atoms with Crippen LogP contribution < -0.4 is 4.74 Å². The molecule has 0 N–H and O–H groups in total. The van der Waals surface area contributed by atoms with Crippen molar-refractivity contribution >= 4 is 0 Å². The van der Waals surface area contributed by atoms with Gasteiger partial charge in [0.15, 0.2) is 12.4 Å². The van der Waals surface area contributed by atoms with Crippen LogP contribution >= 0.6 is 0 Å². The zero-order chi connectivity index (χ0) is 11.4. The predicted octanol–water partition coefficient (Wildman–Crippen LogP) is 1.75. The van der Waals surface area contributed by atoms with E-state index in [1.165, 1.54) is 12.3 Å². The average molecular weight is 223 g/mol. The number of hydrogen-bond donors (Lipinski definition) is 0. The minimum absolute atomic E-state index is 0.0616. The maximum Gasteiger partial charge on any atom is 0.255 e. The summed E-state index contributed by atoms with van der Waals surface area (Å²) < 4.78 is 23.1. The van der Waals surface area contributed by atoms with E-state index in [1.807, 2.05) is 6.92 Å². The third-order valence-corrected chi connectivity index (χ3v) is 1.89. The number of aromatic nitrogens is 3. The predicted molar refractivity (Wildman–Crippen MR) is 52.2 cm³/mol. The molecule has 6 heteroatoms. The molecular weight excluding hydrogens is 213 g/mol. The van der Waals surface area contributed by atoms with Crippen molar-refractivity contribution in [1.29, 1.82) is 0 Å². The smallest absolute Gasteiger partial charge is 0.255 e. The number of ether oxygens (including phenoxy) is 1. The lowest BCUT2D eigenvalue weighted by molar-refractivity contribution is 0.269. The summed E-state index contributed by atoms with van der Waals surface area (Å²) in [6.45, 7) is 1.96. The van der Waals surface area contributed by atoms with Gasteiger partial charge in [-0.15, -0.1) is 0 Å². The Balaban J connectivity index is 1.99. The zero-order valence-electron chi connectivity index (χ0n) is 8.68. The molecule has 2 rings (SSSR count). The van der Waals surface area contributed by atoms with Crippen LogP contribution in [0.5, 0.6) is 5.75 Å². The van der Waals surface area contributed by atoms with Gasteiger partial charge in [-0.3, -0.25) is 0 Å². The van der Waals surface area contributed by atoms with E-state index in [-0.39, 0.29) is 12.4 Å². The normalized spacial score (nSPS) is 10.4. The quantitative estimate of drug-likeness (QED) is 0.739. The fourth-order valence-electron chi connectivity index (χ4n) is 1.11. The van der Waals surface area contributed by atoms with E-state index in [4.69, 9.17) is 9.26 Å². The Labute approximate surface area is 91.3 Å². The van der Waals surface area contributed by atoms with Crippen molar-refractivity contribution in [3.8, 4) is 5.75 Å². The first-order valence-corrected chi connectivity index (χ1v) is 4.84. The summed E-state index contributed by atoms with van der Waals surface area (Å²) in [7, 11) is 0. The minimum Gasteiger partial charge on any atom is -0.481 e. The summed E-state index contributed by atoms with van der Waals surface area (Å²) in [5.41, 5.74) is 0. The lowest BCUT2D eigenvalue weighted by Crippen LogP contribution is -2.00. The SMILES string of the molecule is CCc1nc(COc2cccnc2F)no1. The molecule has 0 spiro atoms. The van der Waals surface area contributed by atoms with E-state index in [2.05, 4.69) is 15.1 Å². The van der Waals surface area contributed by atoms with Gasteiger partial charge in [0, 0.05) is 12.6 Å². The Morgan fingerprint density at radius 3 is 3.06 bits per heavy atom. The number of nitrogens with zero attached hydrogens (tertiary/aromatic N) is 3. The van der Waals surface area contributed by atoms with Gasteiger partial charge in [-0.05, 0) is 12.1 Å². The Kier molecular flexibility index (Phi) is 3.09. The maximum absolute atomic E-state index is 13.1. The third-order valence-electron chi connectivity index (χ3n) is 1.89. The molecule has 0 saturated heterocycles. The second kappa shape index (κ2) is 4.69. The minimum atomic E-state index is -0.651. The van der Waals surface area contributed by atoms with Gasteiger partial charge < -0.3 is 9.26 Å². The highest BCUT2D eigenvalue weighted by Gasteiger charge is 2.07. The maximum atomic E-state index is 13.1. The molecule has 16 heavy (non-hydrogen) atoms. The molecule has 0 amide bonds. The van der Waals surface area contributed by atoms with Crippen LogP contribution in [0.1, 0.15) is 18.6 Å². The highest BCUT2D eigenvalue weighted by Crippen LogP contribution is 2.14. The Hall–Kier alpha value is -1.98. The van der Waals surface area contributed by atoms with Gasteiger partial charge in [0.2, 0.25) is 11.7 Å². The largest absolute Gasteiger partial charge is 0.481 e. The number of pyridine rings is 1. The molecule has 5 nitrogen and oxygen atoms in total. The molecule has 0 aliphatic carbocycles. The molecule has 0 aromatic carbocycles. The average Bonchev–Trinajstić information content (AvgIpc) is 2.76.